The molecule has 3 amide bonds. The molecule has 1 aliphatic heterocycles. The summed E-state index contributed by atoms with van der Waals surface area (Å²) in [6.45, 7) is 2.70. The number of urea groups is 1. The molecule has 1 aliphatic rings. The molecule has 6 nitrogen and oxygen atoms in total. The van der Waals surface area contributed by atoms with Crippen molar-refractivity contribution in [2.45, 2.75) is 17.3 Å². The van der Waals surface area contributed by atoms with Crippen LogP contribution < -0.4 is 5.32 Å². The van der Waals surface area contributed by atoms with Gasteiger partial charge in [0.05, 0.1) is 16.6 Å². The Morgan fingerprint density at radius 3 is 2.32 bits per heavy atom. The summed E-state index contributed by atoms with van der Waals surface area (Å²) in [6.07, 6.45) is 0. The lowest BCUT2D eigenvalue weighted by Gasteiger charge is -2.16. The van der Waals surface area contributed by atoms with Gasteiger partial charge in [0.2, 0.25) is 5.91 Å². The molecule has 3 aromatic rings. The Balaban J connectivity index is 1.64. The van der Waals surface area contributed by atoms with Crippen LogP contribution >= 0.6 is 11.8 Å². The average molecular weight is 392 g/mol. The molecule has 28 heavy (non-hydrogen) atoms. The van der Waals surface area contributed by atoms with Crippen molar-refractivity contribution in [1.29, 1.82) is 0 Å². The maximum atomic E-state index is 12.6. The number of aromatic amines is 1. The summed E-state index contributed by atoms with van der Waals surface area (Å²) in [5.74, 6) is -0.209. The average Bonchev–Trinajstić information content (AvgIpc) is 3.35. The lowest BCUT2D eigenvalue weighted by molar-refractivity contribution is -0.126. The summed E-state index contributed by atoms with van der Waals surface area (Å²) < 4.78 is 0. The molecule has 0 aliphatic carbocycles. The van der Waals surface area contributed by atoms with Crippen molar-refractivity contribution in [2.75, 3.05) is 13.1 Å². The molecule has 1 fully saturated rings. The normalized spacial score (nSPS) is 14.8. The summed E-state index contributed by atoms with van der Waals surface area (Å²) in [5, 5.41) is 2.88. The van der Waals surface area contributed by atoms with Crippen molar-refractivity contribution in [2.24, 2.45) is 0 Å². The van der Waals surface area contributed by atoms with Gasteiger partial charge in [-0.05, 0) is 6.92 Å². The van der Waals surface area contributed by atoms with Crippen LogP contribution in [0.2, 0.25) is 0 Å². The van der Waals surface area contributed by atoms with E-state index in [2.05, 4.69) is 10.3 Å². The van der Waals surface area contributed by atoms with Gasteiger partial charge in [0.25, 0.3) is 0 Å². The van der Waals surface area contributed by atoms with E-state index in [4.69, 9.17) is 4.98 Å². The Bertz CT molecular complexity index is 931. The Labute approximate surface area is 167 Å². The number of rotatable bonds is 5. The molecule has 0 saturated carbocycles. The first kappa shape index (κ1) is 18.3. The maximum Gasteiger partial charge on any atom is 0.324 e. The van der Waals surface area contributed by atoms with E-state index in [1.165, 1.54) is 16.7 Å². The number of aromatic nitrogens is 2. The fourth-order valence-corrected chi connectivity index (χ4v) is 4.01. The topological polar surface area (TPSA) is 78.1 Å². The predicted octanol–water partition coefficient (Wildman–Crippen LogP) is 3.78. The van der Waals surface area contributed by atoms with Crippen LogP contribution in [-0.2, 0) is 4.79 Å². The molecule has 2 N–H and O–H groups in total. The second-order valence-corrected chi connectivity index (χ2v) is 7.81. The van der Waals surface area contributed by atoms with Crippen LogP contribution in [0.5, 0.6) is 0 Å². The second kappa shape index (κ2) is 7.90. The second-order valence-electron chi connectivity index (χ2n) is 6.48. The van der Waals surface area contributed by atoms with Crippen LogP contribution in [-0.4, -0.2) is 45.1 Å². The summed E-state index contributed by atoms with van der Waals surface area (Å²) >= 11 is 1.33. The van der Waals surface area contributed by atoms with E-state index in [0.29, 0.717) is 18.2 Å². The first-order chi connectivity index (χ1) is 13.6. The molecule has 142 valence electrons. The van der Waals surface area contributed by atoms with Crippen molar-refractivity contribution in [1.82, 2.24) is 20.2 Å². The molecule has 4 rings (SSSR count). The number of amides is 3. The molecule has 0 radical (unpaired) electrons. The van der Waals surface area contributed by atoms with E-state index in [1.807, 2.05) is 60.7 Å². The lowest BCUT2D eigenvalue weighted by Crippen LogP contribution is -2.38. The number of hydrogen-bond acceptors (Lipinski definition) is 4. The van der Waals surface area contributed by atoms with Crippen LogP contribution in [0.15, 0.2) is 65.8 Å². The van der Waals surface area contributed by atoms with Crippen LogP contribution in [0, 0.1) is 0 Å². The highest BCUT2D eigenvalue weighted by molar-refractivity contribution is 8.00. The van der Waals surface area contributed by atoms with Gasteiger partial charge in [-0.25, -0.2) is 9.78 Å². The van der Waals surface area contributed by atoms with Crippen LogP contribution in [0.25, 0.3) is 22.5 Å². The first-order valence-electron chi connectivity index (χ1n) is 9.10. The molecule has 0 unspecified atom stereocenters. The van der Waals surface area contributed by atoms with Gasteiger partial charge >= 0.3 is 6.03 Å². The number of carbonyl (C=O) groups excluding carboxylic acids is 2. The molecule has 1 aromatic heterocycles. The Hall–Kier alpha value is -3.06. The Morgan fingerprint density at radius 1 is 1.07 bits per heavy atom. The van der Waals surface area contributed by atoms with Crippen LogP contribution in [0.4, 0.5) is 4.79 Å². The largest absolute Gasteiger partial charge is 0.336 e. The number of thioether (sulfide) groups is 1. The van der Waals surface area contributed by atoms with E-state index in [-0.39, 0.29) is 11.9 Å². The summed E-state index contributed by atoms with van der Waals surface area (Å²) in [7, 11) is 0. The molecule has 2 heterocycles. The van der Waals surface area contributed by atoms with E-state index >= 15 is 0 Å². The van der Waals surface area contributed by atoms with E-state index in [0.717, 1.165) is 22.5 Å². The minimum atomic E-state index is -0.428. The molecule has 0 spiro atoms. The van der Waals surface area contributed by atoms with E-state index in [9.17, 15) is 9.59 Å². The van der Waals surface area contributed by atoms with Crippen LogP contribution in [0.1, 0.15) is 6.92 Å². The number of hydrogen-bond donors (Lipinski definition) is 2. The molecule has 0 bridgehead atoms. The minimum absolute atomic E-state index is 0.209. The fraction of sp³-hybridized carbons (Fsp3) is 0.190. The summed E-state index contributed by atoms with van der Waals surface area (Å²) in [6, 6.07) is 19.6. The standard InChI is InChI=1S/C21H20N4O2S/c1-14(19(26)25-13-12-22-21(25)27)28-20-23-17(15-8-4-2-5-9-15)18(24-20)16-10-6-3-7-11-16/h2-11,14H,12-13H2,1H3,(H,22,27)(H,23,24)/t14-/m0/s1. The van der Waals surface area contributed by atoms with Crippen molar-refractivity contribution >= 4 is 23.7 Å². The number of imide groups is 1. The highest BCUT2D eigenvalue weighted by Gasteiger charge is 2.31. The first-order valence-corrected chi connectivity index (χ1v) is 9.98. The zero-order valence-electron chi connectivity index (χ0n) is 15.4. The highest BCUT2D eigenvalue weighted by Crippen LogP contribution is 2.34. The summed E-state index contributed by atoms with van der Waals surface area (Å²) in [5.41, 5.74) is 3.78. The zero-order chi connectivity index (χ0) is 19.5. The van der Waals surface area contributed by atoms with Gasteiger partial charge in [-0.3, -0.25) is 9.69 Å². The quantitative estimate of drug-likeness (QED) is 0.648. The van der Waals surface area contributed by atoms with Crippen LogP contribution in [0.3, 0.4) is 0 Å². The smallest absolute Gasteiger partial charge is 0.324 e. The minimum Gasteiger partial charge on any atom is -0.336 e. The highest BCUT2D eigenvalue weighted by atomic mass is 32.2. The Morgan fingerprint density at radius 2 is 1.71 bits per heavy atom. The lowest BCUT2D eigenvalue weighted by atomic mass is 10.1. The van der Waals surface area contributed by atoms with Crippen molar-refractivity contribution in [3.63, 3.8) is 0 Å². The molecular weight excluding hydrogens is 372 g/mol. The fourth-order valence-electron chi connectivity index (χ4n) is 3.15. The van der Waals surface area contributed by atoms with Gasteiger partial charge < -0.3 is 10.3 Å². The van der Waals surface area contributed by atoms with E-state index in [1.54, 1.807) is 6.92 Å². The third-order valence-electron chi connectivity index (χ3n) is 4.55. The van der Waals surface area contributed by atoms with Gasteiger partial charge in [0.15, 0.2) is 5.16 Å². The zero-order valence-corrected chi connectivity index (χ0v) is 16.2. The molecule has 2 aromatic carbocycles. The molecular formula is C21H20N4O2S. The molecule has 7 heteroatoms. The van der Waals surface area contributed by atoms with Gasteiger partial charge in [0, 0.05) is 24.2 Å². The number of benzene rings is 2. The van der Waals surface area contributed by atoms with Gasteiger partial charge in [-0.2, -0.15) is 0 Å². The molecule has 1 atom stereocenters. The number of carbonyl (C=O) groups is 2. The molecule has 1 saturated heterocycles. The number of imidazole rings is 1. The van der Waals surface area contributed by atoms with E-state index < -0.39 is 5.25 Å². The number of H-pyrrole nitrogens is 1. The summed E-state index contributed by atoms with van der Waals surface area (Å²) in [4.78, 5) is 33.7. The third kappa shape index (κ3) is 3.66. The number of nitrogens with zero attached hydrogens (tertiary/aromatic N) is 2. The third-order valence-corrected chi connectivity index (χ3v) is 5.52. The van der Waals surface area contributed by atoms with Gasteiger partial charge in [0.1, 0.15) is 0 Å². The van der Waals surface area contributed by atoms with Crippen molar-refractivity contribution in [3.05, 3.63) is 60.7 Å². The van der Waals surface area contributed by atoms with Gasteiger partial charge in [-0.15, -0.1) is 0 Å². The predicted molar refractivity (Wildman–Crippen MR) is 110 cm³/mol. The number of nitrogens with one attached hydrogen (secondary N) is 2. The van der Waals surface area contributed by atoms with Crippen molar-refractivity contribution < 1.29 is 9.59 Å². The Kier molecular flexibility index (Phi) is 5.16. The maximum absolute atomic E-state index is 12.6. The monoisotopic (exact) mass is 392 g/mol. The SMILES string of the molecule is C[C@H](Sc1nc(-c2ccccc2)c(-c2ccccc2)[nH]1)C(=O)N1CCNC1=O. The van der Waals surface area contributed by atoms with Crippen molar-refractivity contribution in [3.8, 4) is 22.5 Å². The van der Waals surface area contributed by atoms with Gasteiger partial charge in [-0.1, -0.05) is 72.4 Å².